The van der Waals surface area contributed by atoms with Gasteiger partial charge >= 0.3 is 7.82 Å². The lowest BCUT2D eigenvalue weighted by molar-refractivity contribution is -0.338. The maximum Gasteiger partial charge on any atom is 0.472 e. The third-order valence-electron chi connectivity index (χ3n) is 14.9. The van der Waals surface area contributed by atoms with Gasteiger partial charge in [-0.2, -0.15) is 0 Å². The van der Waals surface area contributed by atoms with E-state index in [1.165, 1.54) is 148 Å². The van der Waals surface area contributed by atoms with Crippen LogP contribution in [0.25, 0.3) is 0 Å². The Labute approximate surface area is 439 Å². The molecule has 15 unspecified atom stereocenters. The fourth-order valence-electron chi connectivity index (χ4n) is 9.98. The lowest BCUT2D eigenvalue weighted by Gasteiger charge is -2.47. The summed E-state index contributed by atoms with van der Waals surface area (Å²) in [4.78, 5) is 24.3. The lowest BCUT2D eigenvalue weighted by atomic mass is 9.84. The minimum atomic E-state index is -5.39. The molecule has 1 heterocycles. The van der Waals surface area contributed by atoms with Crippen molar-refractivity contribution in [2.24, 2.45) is 0 Å². The number of hydrogen-bond donors (Lipinski definition) is 12. The van der Waals surface area contributed by atoms with E-state index in [9.17, 15) is 65.3 Å². The van der Waals surface area contributed by atoms with Gasteiger partial charge in [0.2, 0.25) is 5.91 Å². The molecule has 434 valence electrons. The van der Waals surface area contributed by atoms with Crippen LogP contribution in [-0.2, 0) is 27.9 Å². The molecule has 0 aromatic carbocycles. The number of carbonyl (C=O) groups is 1. The normalized spacial score (nSPS) is 27.7. The first-order chi connectivity index (χ1) is 35.1. The Morgan fingerprint density at radius 1 is 0.507 bits per heavy atom. The molecule has 0 aromatic heterocycles. The first-order valence-corrected chi connectivity index (χ1v) is 30.6. The van der Waals surface area contributed by atoms with Crippen LogP contribution in [0.15, 0.2) is 0 Å². The summed E-state index contributed by atoms with van der Waals surface area (Å²) in [5.41, 5.74) is 0. The molecule has 18 nitrogen and oxygen atoms in total. The Morgan fingerprint density at radius 2 is 0.863 bits per heavy atom. The van der Waals surface area contributed by atoms with Crippen molar-refractivity contribution in [2.75, 3.05) is 13.2 Å². The Balaban J connectivity index is 1.89. The molecule has 12 N–H and O–H groups in total. The molecule has 1 aliphatic carbocycles. The Hall–Kier alpha value is -0.900. The monoisotopic (exact) mass is 1070 g/mol. The highest BCUT2D eigenvalue weighted by Crippen LogP contribution is 2.48. The van der Waals surface area contributed by atoms with Crippen LogP contribution in [0.1, 0.15) is 239 Å². The molecule has 0 radical (unpaired) electrons. The zero-order valence-electron chi connectivity index (χ0n) is 45.1. The van der Waals surface area contributed by atoms with E-state index in [-0.39, 0.29) is 12.8 Å². The van der Waals surface area contributed by atoms with E-state index < -0.39 is 113 Å². The number of ether oxygens (including phenoxy) is 2. The Kier molecular flexibility index (Phi) is 38.5. The largest absolute Gasteiger partial charge is 0.472 e. The molecule has 2 rings (SSSR count). The fourth-order valence-corrected chi connectivity index (χ4v) is 10.9. The van der Waals surface area contributed by atoms with Crippen LogP contribution in [-0.4, -0.2) is 161 Å². The van der Waals surface area contributed by atoms with E-state index in [0.29, 0.717) is 12.8 Å². The predicted molar refractivity (Wildman–Crippen MR) is 280 cm³/mol. The molecule has 1 aliphatic heterocycles. The summed E-state index contributed by atoms with van der Waals surface area (Å²) in [7, 11) is -5.39. The van der Waals surface area contributed by atoms with Gasteiger partial charge in [0.1, 0.15) is 67.1 Å². The highest BCUT2D eigenvalue weighted by atomic mass is 31.2. The number of phosphoric ester groups is 1. The molecule has 15 atom stereocenters. The summed E-state index contributed by atoms with van der Waals surface area (Å²) in [6, 6.07) is -1.31. The summed E-state index contributed by atoms with van der Waals surface area (Å²) in [6.07, 6.45) is 14.7. The standard InChI is InChI=1S/C54H106NO17P/c1-3-5-7-9-11-13-15-17-18-19-20-21-22-23-25-27-29-31-33-35-37-42(58)53(66)55-40(41(57)36-34-32-30-28-26-24-16-14-12-10-8-6-4-2)39-69-73(67,68)72-52-49(64)47(62)46(61)48(63)51(52)71-54-50(65)45(60)44(59)43(38-56)70-54/h40-52,54,56-65H,3-39H2,1-2H3,(H,55,66)(H,67,68). The van der Waals surface area contributed by atoms with Gasteiger partial charge in [0.05, 0.1) is 25.4 Å². The molecule has 2 fully saturated rings. The van der Waals surface area contributed by atoms with E-state index in [0.717, 1.165) is 51.4 Å². The lowest BCUT2D eigenvalue weighted by Crippen LogP contribution is -2.67. The third kappa shape index (κ3) is 28.5. The van der Waals surface area contributed by atoms with Gasteiger partial charge in [0.15, 0.2) is 6.29 Å². The second-order valence-corrected chi connectivity index (χ2v) is 22.7. The third-order valence-corrected chi connectivity index (χ3v) is 15.9. The summed E-state index contributed by atoms with van der Waals surface area (Å²) in [6.45, 7) is 2.80. The number of carbonyl (C=O) groups excluding carboxylic acids is 1. The number of unbranched alkanes of at least 4 members (excludes halogenated alkanes) is 31. The topological polar surface area (TPSA) is 306 Å². The molecule has 1 saturated heterocycles. The van der Waals surface area contributed by atoms with Gasteiger partial charge in [-0.05, 0) is 12.8 Å². The molecule has 1 amide bonds. The van der Waals surface area contributed by atoms with Crippen molar-refractivity contribution in [3.05, 3.63) is 0 Å². The minimum absolute atomic E-state index is 0.167. The van der Waals surface area contributed by atoms with Gasteiger partial charge in [-0.3, -0.25) is 13.8 Å². The van der Waals surface area contributed by atoms with Crippen LogP contribution in [0.3, 0.4) is 0 Å². The SMILES string of the molecule is CCCCCCCCCCCCCCCCCCCCCCC(O)C(=O)NC(COP(=O)(O)OC1C(O)C(O)C(O)C(O)C1OC1OC(CO)C(O)C(O)C1O)C(O)CCCCCCCCCCCCCCC. The number of aliphatic hydroxyl groups is 10. The molecular formula is C54H106NO17P. The van der Waals surface area contributed by atoms with Gasteiger partial charge < -0.3 is 70.7 Å². The highest BCUT2D eigenvalue weighted by Gasteiger charge is 2.55. The quantitative estimate of drug-likeness (QED) is 0.0215. The second-order valence-electron chi connectivity index (χ2n) is 21.3. The van der Waals surface area contributed by atoms with Gasteiger partial charge in [-0.15, -0.1) is 0 Å². The van der Waals surface area contributed by atoms with Crippen LogP contribution in [0.5, 0.6) is 0 Å². The van der Waals surface area contributed by atoms with Crippen molar-refractivity contribution in [1.82, 2.24) is 5.32 Å². The Bertz CT molecular complexity index is 1390. The van der Waals surface area contributed by atoms with Gasteiger partial charge in [-0.1, -0.05) is 226 Å². The van der Waals surface area contributed by atoms with Gasteiger partial charge in [0, 0.05) is 0 Å². The first kappa shape index (κ1) is 68.2. The highest BCUT2D eigenvalue weighted by molar-refractivity contribution is 7.47. The van der Waals surface area contributed by atoms with E-state index >= 15 is 0 Å². The number of nitrogens with one attached hydrogen (secondary N) is 1. The van der Waals surface area contributed by atoms with Gasteiger partial charge in [0.25, 0.3) is 0 Å². The average Bonchev–Trinajstić information content (AvgIpc) is 3.37. The van der Waals surface area contributed by atoms with Crippen LogP contribution in [0, 0.1) is 0 Å². The van der Waals surface area contributed by atoms with Crippen molar-refractivity contribution in [1.29, 1.82) is 0 Å². The molecule has 2 aliphatic rings. The maximum atomic E-state index is 13.5. The van der Waals surface area contributed by atoms with Crippen molar-refractivity contribution in [3.63, 3.8) is 0 Å². The van der Waals surface area contributed by atoms with E-state index in [4.69, 9.17) is 18.5 Å². The number of aliphatic hydroxyl groups excluding tert-OH is 10. The van der Waals surface area contributed by atoms with E-state index in [1.807, 2.05) is 0 Å². The zero-order valence-corrected chi connectivity index (χ0v) is 46.0. The molecular weight excluding hydrogens is 966 g/mol. The van der Waals surface area contributed by atoms with Crippen molar-refractivity contribution in [3.8, 4) is 0 Å². The second kappa shape index (κ2) is 41.2. The average molecular weight is 1070 g/mol. The summed E-state index contributed by atoms with van der Waals surface area (Å²) in [5.74, 6) is -0.805. The molecule has 1 saturated carbocycles. The van der Waals surface area contributed by atoms with E-state index in [1.54, 1.807) is 0 Å². The molecule has 0 bridgehead atoms. The molecule has 0 aromatic rings. The first-order valence-electron chi connectivity index (χ1n) is 29.1. The number of amides is 1. The van der Waals surface area contributed by atoms with Crippen molar-refractivity contribution in [2.45, 2.75) is 324 Å². The van der Waals surface area contributed by atoms with Gasteiger partial charge in [-0.25, -0.2) is 4.57 Å². The maximum absolute atomic E-state index is 13.5. The molecule has 19 heteroatoms. The summed E-state index contributed by atoms with van der Waals surface area (Å²) < 4.78 is 34.9. The number of hydrogen-bond acceptors (Lipinski definition) is 16. The van der Waals surface area contributed by atoms with Crippen LogP contribution < -0.4 is 5.32 Å². The fraction of sp³-hybridized carbons (Fsp3) is 0.981. The van der Waals surface area contributed by atoms with Crippen LogP contribution >= 0.6 is 7.82 Å². The summed E-state index contributed by atoms with van der Waals surface area (Å²) >= 11 is 0. The predicted octanol–water partition coefficient (Wildman–Crippen LogP) is 7.03. The summed E-state index contributed by atoms with van der Waals surface area (Å²) in [5, 5.41) is 108. The minimum Gasteiger partial charge on any atom is -0.394 e. The molecule has 0 spiro atoms. The zero-order chi connectivity index (χ0) is 53.9. The molecule has 73 heavy (non-hydrogen) atoms. The number of phosphoric acid groups is 1. The number of rotatable bonds is 46. The van der Waals surface area contributed by atoms with Crippen molar-refractivity contribution < 1.29 is 83.8 Å². The smallest absolute Gasteiger partial charge is 0.394 e. The Morgan fingerprint density at radius 3 is 1.26 bits per heavy atom. The van der Waals surface area contributed by atoms with Crippen LogP contribution in [0.4, 0.5) is 0 Å². The van der Waals surface area contributed by atoms with Crippen LogP contribution in [0.2, 0.25) is 0 Å². The van der Waals surface area contributed by atoms with Crippen molar-refractivity contribution >= 4 is 13.7 Å². The van der Waals surface area contributed by atoms with E-state index in [2.05, 4.69) is 19.2 Å².